The summed E-state index contributed by atoms with van der Waals surface area (Å²) in [6, 6.07) is 14.5. The Kier molecular flexibility index (Phi) is 5.68. The van der Waals surface area contributed by atoms with Crippen molar-refractivity contribution in [2.75, 3.05) is 0 Å². The smallest absolute Gasteiger partial charge is 0.303 e. The first-order valence-corrected chi connectivity index (χ1v) is 11.8. The number of rotatable bonds is 4. The molecule has 2 unspecified atom stereocenters. The summed E-state index contributed by atoms with van der Waals surface area (Å²) in [5.74, 6) is 0.0280. The molecule has 180 valence electrons. The van der Waals surface area contributed by atoms with E-state index in [9.17, 15) is 14.9 Å². The van der Waals surface area contributed by atoms with Crippen molar-refractivity contribution in [1.82, 2.24) is 5.01 Å². The number of carbonyl (C=O) groups excluding carboxylic acids is 2. The van der Waals surface area contributed by atoms with E-state index >= 15 is 0 Å². The number of nitrogens with zero attached hydrogens (tertiary/aromatic N) is 3. The average molecular weight is 494 g/mol. The molecular weight excluding hydrogens is 470 g/mol. The predicted octanol–water partition coefficient (Wildman–Crippen LogP) is 4.36. The van der Waals surface area contributed by atoms with E-state index in [1.165, 1.54) is 11.9 Å². The fourth-order valence-electron chi connectivity index (χ4n) is 4.63. The Morgan fingerprint density at radius 2 is 2.06 bits per heavy atom. The van der Waals surface area contributed by atoms with Crippen LogP contribution in [0.4, 0.5) is 0 Å². The molecule has 0 N–H and O–H groups in total. The van der Waals surface area contributed by atoms with Gasteiger partial charge in [-0.05, 0) is 50.1 Å². The van der Waals surface area contributed by atoms with Crippen molar-refractivity contribution in [3.63, 3.8) is 0 Å². The Morgan fingerprint density at radius 3 is 2.77 bits per heavy atom. The normalized spacial score (nSPS) is 25.9. The summed E-state index contributed by atoms with van der Waals surface area (Å²) in [5, 5.41) is 15.9. The van der Waals surface area contributed by atoms with Crippen LogP contribution in [-0.4, -0.2) is 34.5 Å². The Hall–Kier alpha value is -3.57. The molecule has 1 saturated carbocycles. The third-order valence-electron chi connectivity index (χ3n) is 6.50. The molecule has 2 heterocycles. The molecule has 1 amide bonds. The number of esters is 1. The van der Waals surface area contributed by atoms with Gasteiger partial charge in [-0.2, -0.15) is 5.26 Å². The highest BCUT2D eigenvalue weighted by Gasteiger charge is 2.55. The number of hydrogen-bond acceptors (Lipinski definition) is 7. The Labute approximate surface area is 208 Å². The molecule has 9 heteroatoms. The summed E-state index contributed by atoms with van der Waals surface area (Å²) in [4.78, 5) is 24.9. The molecule has 35 heavy (non-hydrogen) atoms. The van der Waals surface area contributed by atoms with Crippen LogP contribution in [-0.2, 0) is 25.6 Å². The van der Waals surface area contributed by atoms with Crippen molar-refractivity contribution >= 4 is 29.4 Å². The van der Waals surface area contributed by atoms with E-state index < -0.39 is 23.8 Å². The lowest BCUT2D eigenvalue weighted by Gasteiger charge is -2.43. The minimum atomic E-state index is -0.914. The summed E-state index contributed by atoms with van der Waals surface area (Å²) in [6.45, 7) is 5.17. The largest absolute Gasteiger partial charge is 0.483 e. The molecule has 0 bridgehead atoms. The van der Waals surface area contributed by atoms with Gasteiger partial charge in [0.1, 0.15) is 11.4 Å². The van der Waals surface area contributed by atoms with Gasteiger partial charge in [0.25, 0.3) is 0 Å². The molecular formula is C26H24ClN3O5. The van der Waals surface area contributed by atoms with Gasteiger partial charge in [0.05, 0.1) is 24.1 Å². The van der Waals surface area contributed by atoms with E-state index in [0.717, 1.165) is 5.56 Å². The molecule has 3 aliphatic rings. The SMILES string of the molecule is CC(=O)O[C@H]1[C@H](OC2=NN(Cc3ccccc3Cl)C(=O)C3CC23)c2cc(C#N)ccc2OC1(C)C. The molecule has 0 saturated heterocycles. The van der Waals surface area contributed by atoms with Crippen molar-refractivity contribution in [2.24, 2.45) is 16.9 Å². The van der Waals surface area contributed by atoms with Crippen LogP contribution in [0.3, 0.4) is 0 Å². The lowest BCUT2D eigenvalue weighted by Crippen LogP contribution is -2.52. The Balaban J connectivity index is 1.52. The minimum Gasteiger partial charge on any atom is -0.483 e. The number of fused-ring (bicyclic) bond motifs is 2. The van der Waals surface area contributed by atoms with Gasteiger partial charge in [0.15, 0.2) is 12.2 Å². The number of carbonyl (C=O) groups is 2. The summed E-state index contributed by atoms with van der Waals surface area (Å²) >= 11 is 6.31. The van der Waals surface area contributed by atoms with Gasteiger partial charge >= 0.3 is 5.97 Å². The summed E-state index contributed by atoms with van der Waals surface area (Å²) in [7, 11) is 0. The quantitative estimate of drug-likeness (QED) is 0.586. The number of amides is 1. The van der Waals surface area contributed by atoms with E-state index in [1.807, 2.05) is 32.0 Å². The van der Waals surface area contributed by atoms with Crippen molar-refractivity contribution in [3.8, 4) is 11.8 Å². The standard InChI is InChI=1S/C26H24ClN3O5/c1-14(31)33-23-22(19-10-15(12-28)8-9-21(19)35-26(23,2)3)34-24-17-11-18(17)25(32)30(29-24)13-16-6-4-5-7-20(16)27/h4-10,17-18,22-23H,11,13H2,1-3H3/t17?,18?,22-,23+/m1/s1. The molecule has 5 rings (SSSR count). The Morgan fingerprint density at radius 1 is 1.29 bits per heavy atom. The zero-order valence-electron chi connectivity index (χ0n) is 19.5. The first-order chi connectivity index (χ1) is 16.7. The van der Waals surface area contributed by atoms with Gasteiger partial charge in [0.2, 0.25) is 11.8 Å². The Bertz CT molecular complexity index is 1280. The molecule has 1 fully saturated rings. The van der Waals surface area contributed by atoms with Crippen LogP contribution in [0.1, 0.15) is 50.0 Å². The summed E-state index contributed by atoms with van der Waals surface area (Å²) in [6.07, 6.45) is -0.954. The molecule has 4 atom stereocenters. The average Bonchev–Trinajstić information content (AvgIpc) is 3.61. The number of ether oxygens (including phenoxy) is 3. The third kappa shape index (κ3) is 4.32. The third-order valence-corrected chi connectivity index (χ3v) is 6.86. The van der Waals surface area contributed by atoms with Crippen LogP contribution in [0.15, 0.2) is 47.6 Å². The van der Waals surface area contributed by atoms with Gasteiger partial charge < -0.3 is 14.2 Å². The fourth-order valence-corrected chi connectivity index (χ4v) is 4.82. The van der Waals surface area contributed by atoms with Gasteiger partial charge in [-0.1, -0.05) is 29.8 Å². The molecule has 2 aliphatic heterocycles. The molecule has 0 radical (unpaired) electrons. The van der Waals surface area contributed by atoms with Gasteiger partial charge in [-0.3, -0.25) is 9.59 Å². The molecule has 1 aliphatic carbocycles. The minimum absolute atomic E-state index is 0.0710. The highest BCUT2D eigenvalue weighted by atomic mass is 35.5. The van der Waals surface area contributed by atoms with Crippen molar-refractivity contribution in [3.05, 3.63) is 64.2 Å². The fraction of sp³-hybridized carbons (Fsp3) is 0.385. The highest BCUT2D eigenvalue weighted by molar-refractivity contribution is 6.31. The number of nitriles is 1. The number of benzene rings is 2. The van der Waals surface area contributed by atoms with Crippen LogP contribution in [0.2, 0.25) is 5.02 Å². The second kappa shape index (κ2) is 8.58. The van der Waals surface area contributed by atoms with Crippen LogP contribution in [0.5, 0.6) is 5.75 Å². The zero-order chi connectivity index (χ0) is 24.9. The van der Waals surface area contributed by atoms with Gasteiger partial charge in [0, 0.05) is 23.4 Å². The van der Waals surface area contributed by atoms with Gasteiger partial charge in [-0.15, -0.1) is 5.10 Å². The van der Waals surface area contributed by atoms with Crippen LogP contribution < -0.4 is 4.74 Å². The van der Waals surface area contributed by atoms with Crippen LogP contribution >= 0.6 is 11.6 Å². The topological polar surface area (TPSA) is 101 Å². The maximum atomic E-state index is 12.9. The molecule has 2 aromatic carbocycles. The summed E-state index contributed by atoms with van der Waals surface area (Å²) < 4.78 is 18.3. The van der Waals surface area contributed by atoms with Crippen molar-refractivity contribution in [2.45, 2.75) is 51.5 Å². The van der Waals surface area contributed by atoms with E-state index in [4.69, 9.17) is 25.8 Å². The number of halogens is 1. The van der Waals surface area contributed by atoms with Crippen LogP contribution in [0.25, 0.3) is 0 Å². The highest BCUT2D eigenvalue weighted by Crippen LogP contribution is 2.49. The predicted molar refractivity (Wildman–Crippen MR) is 126 cm³/mol. The molecule has 2 aromatic rings. The lowest BCUT2D eigenvalue weighted by molar-refractivity contribution is -0.173. The zero-order valence-corrected chi connectivity index (χ0v) is 20.3. The molecule has 0 spiro atoms. The second-order valence-corrected chi connectivity index (χ2v) is 9.92. The summed E-state index contributed by atoms with van der Waals surface area (Å²) in [5.41, 5.74) is 0.873. The maximum Gasteiger partial charge on any atom is 0.303 e. The molecule has 0 aromatic heterocycles. The van der Waals surface area contributed by atoms with E-state index in [-0.39, 0.29) is 24.3 Å². The number of hydrazone groups is 1. The van der Waals surface area contributed by atoms with Crippen molar-refractivity contribution in [1.29, 1.82) is 5.26 Å². The van der Waals surface area contributed by atoms with Gasteiger partial charge in [-0.25, -0.2) is 5.01 Å². The van der Waals surface area contributed by atoms with Crippen molar-refractivity contribution < 1.29 is 23.8 Å². The van der Waals surface area contributed by atoms with E-state index in [2.05, 4.69) is 11.2 Å². The lowest BCUT2D eigenvalue weighted by atomic mass is 9.87. The monoisotopic (exact) mass is 493 g/mol. The second-order valence-electron chi connectivity index (χ2n) is 9.51. The van der Waals surface area contributed by atoms with E-state index in [1.54, 1.807) is 24.3 Å². The first kappa shape index (κ1) is 23.2. The first-order valence-electron chi connectivity index (χ1n) is 11.4. The van der Waals surface area contributed by atoms with Crippen LogP contribution in [0, 0.1) is 23.2 Å². The van der Waals surface area contributed by atoms with E-state index in [0.29, 0.717) is 34.2 Å². The maximum absolute atomic E-state index is 12.9. The molecule has 8 nitrogen and oxygen atoms in total. The number of hydrogen-bond donors (Lipinski definition) is 0.